The largest absolute Gasteiger partial charge is 0.316 e. The molecule has 0 radical (unpaired) electrons. The summed E-state index contributed by atoms with van der Waals surface area (Å²) >= 11 is 5.95. The molecule has 6 heteroatoms. The van der Waals surface area contributed by atoms with E-state index in [1.165, 1.54) is 24.9 Å². The fourth-order valence-corrected chi connectivity index (χ4v) is 3.18. The molecule has 1 aliphatic heterocycles. The molecule has 4 nitrogen and oxygen atoms in total. The van der Waals surface area contributed by atoms with Crippen molar-refractivity contribution in [3.05, 3.63) is 46.7 Å². The Morgan fingerprint density at radius 2 is 2.04 bits per heavy atom. The molecular formula is C17H24Cl2N4. The highest BCUT2D eigenvalue weighted by atomic mass is 35.5. The number of hydrogen-bond acceptors (Lipinski definition) is 3. The predicted octanol–water partition coefficient (Wildman–Crippen LogP) is 3.44. The molecule has 1 aromatic carbocycles. The van der Waals surface area contributed by atoms with E-state index in [0.717, 1.165) is 29.5 Å². The molecule has 2 heterocycles. The van der Waals surface area contributed by atoms with Crippen molar-refractivity contribution in [2.24, 2.45) is 0 Å². The van der Waals surface area contributed by atoms with Crippen molar-refractivity contribution < 1.29 is 0 Å². The van der Waals surface area contributed by atoms with Gasteiger partial charge in [-0.05, 0) is 57.6 Å². The van der Waals surface area contributed by atoms with E-state index in [0.29, 0.717) is 6.04 Å². The molecule has 0 amide bonds. The molecule has 1 aromatic heterocycles. The Kier molecular flexibility index (Phi) is 6.48. The summed E-state index contributed by atoms with van der Waals surface area (Å²) in [6.07, 6.45) is 4.67. The third kappa shape index (κ3) is 4.48. The van der Waals surface area contributed by atoms with Crippen molar-refractivity contribution >= 4 is 24.0 Å². The van der Waals surface area contributed by atoms with E-state index in [4.69, 9.17) is 11.6 Å². The minimum absolute atomic E-state index is 0. The summed E-state index contributed by atoms with van der Waals surface area (Å²) in [6, 6.07) is 8.40. The second kappa shape index (κ2) is 8.15. The Labute approximate surface area is 149 Å². The highest BCUT2D eigenvalue weighted by molar-refractivity contribution is 6.30. The lowest BCUT2D eigenvalue weighted by Gasteiger charge is -2.32. The van der Waals surface area contributed by atoms with Gasteiger partial charge in [0.05, 0.1) is 11.4 Å². The minimum atomic E-state index is 0. The average molecular weight is 355 g/mol. The van der Waals surface area contributed by atoms with E-state index in [-0.39, 0.29) is 12.4 Å². The second-order valence-corrected chi connectivity index (χ2v) is 6.46. The summed E-state index contributed by atoms with van der Waals surface area (Å²) in [5.41, 5.74) is 3.44. The number of rotatable bonds is 4. The lowest BCUT2D eigenvalue weighted by atomic mass is 10.1. The number of hydrogen-bond donors (Lipinski definition) is 1. The number of aryl methyl sites for hydroxylation is 1. The number of aromatic nitrogens is 2. The van der Waals surface area contributed by atoms with Gasteiger partial charge >= 0.3 is 0 Å². The van der Waals surface area contributed by atoms with E-state index in [1.54, 1.807) is 0 Å². The van der Waals surface area contributed by atoms with Gasteiger partial charge in [0.2, 0.25) is 0 Å². The van der Waals surface area contributed by atoms with Gasteiger partial charge in [-0.15, -0.1) is 12.4 Å². The van der Waals surface area contributed by atoms with E-state index < -0.39 is 0 Å². The molecule has 0 saturated carbocycles. The molecule has 126 valence electrons. The molecule has 1 saturated heterocycles. The van der Waals surface area contributed by atoms with Crippen LogP contribution in [0.25, 0.3) is 5.69 Å². The Hall–Kier alpha value is -1.07. The zero-order valence-corrected chi connectivity index (χ0v) is 15.2. The lowest BCUT2D eigenvalue weighted by molar-refractivity contribution is 0.187. The SMILES string of the molecule is CNC1CCCN(Cc2cn(-c3ccc(Cl)cc3)nc2C)C1.Cl. The fraction of sp³-hybridized carbons (Fsp3) is 0.471. The first-order valence-electron chi connectivity index (χ1n) is 7.86. The third-order valence-electron chi connectivity index (χ3n) is 4.40. The first-order chi connectivity index (χ1) is 10.7. The van der Waals surface area contributed by atoms with Crippen LogP contribution in [-0.4, -0.2) is 40.9 Å². The van der Waals surface area contributed by atoms with Crippen LogP contribution in [0.5, 0.6) is 0 Å². The van der Waals surface area contributed by atoms with Gasteiger partial charge in [-0.3, -0.25) is 4.90 Å². The summed E-state index contributed by atoms with van der Waals surface area (Å²) in [6.45, 7) is 5.34. The zero-order chi connectivity index (χ0) is 15.5. The van der Waals surface area contributed by atoms with Gasteiger partial charge in [-0.1, -0.05) is 11.6 Å². The lowest BCUT2D eigenvalue weighted by Crippen LogP contribution is -2.43. The van der Waals surface area contributed by atoms with Crippen LogP contribution in [0, 0.1) is 6.92 Å². The van der Waals surface area contributed by atoms with Crippen LogP contribution in [0.15, 0.2) is 30.5 Å². The number of likely N-dealkylation sites (N-methyl/N-ethyl adjacent to an activating group) is 1. The maximum absolute atomic E-state index is 5.95. The Morgan fingerprint density at radius 3 is 2.74 bits per heavy atom. The van der Waals surface area contributed by atoms with Gasteiger partial charge in [-0.25, -0.2) is 4.68 Å². The van der Waals surface area contributed by atoms with Crippen LogP contribution in [0.4, 0.5) is 0 Å². The molecule has 0 spiro atoms. The van der Waals surface area contributed by atoms with Crippen molar-refractivity contribution in [1.82, 2.24) is 20.0 Å². The molecule has 3 rings (SSSR count). The van der Waals surface area contributed by atoms with Gasteiger partial charge in [-0.2, -0.15) is 5.10 Å². The summed E-state index contributed by atoms with van der Waals surface area (Å²) in [5.74, 6) is 0. The maximum atomic E-state index is 5.95. The molecule has 1 fully saturated rings. The van der Waals surface area contributed by atoms with Crippen LogP contribution < -0.4 is 5.32 Å². The number of piperidine rings is 1. The molecule has 1 atom stereocenters. The van der Waals surface area contributed by atoms with Crippen molar-refractivity contribution in [3.63, 3.8) is 0 Å². The van der Waals surface area contributed by atoms with Crippen LogP contribution in [0.2, 0.25) is 5.02 Å². The number of nitrogens with zero attached hydrogens (tertiary/aromatic N) is 3. The summed E-state index contributed by atoms with van der Waals surface area (Å²) in [5, 5.41) is 8.79. The monoisotopic (exact) mass is 354 g/mol. The molecule has 1 unspecified atom stereocenters. The zero-order valence-electron chi connectivity index (χ0n) is 13.6. The number of nitrogens with one attached hydrogen (secondary N) is 1. The van der Waals surface area contributed by atoms with Gasteiger partial charge < -0.3 is 5.32 Å². The number of benzene rings is 1. The Balaban J connectivity index is 0.00000192. The average Bonchev–Trinajstić information content (AvgIpc) is 2.89. The van der Waals surface area contributed by atoms with Gasteiger partial charge in [0.15, 0.2) is 0 Å². The minimum Gasteiger partial charge on any atom is -0.316 e. The highest BCUT2D eigenvalue weighted by Gasteiger charge is 2.19. The van der Waals surface area contributed by atoms with Crippen molar-refractivity contribution in [3.8, 4) is 5.69 Å². The van der Waals surface area contributed by atoms with E-state index in [9.17, 15) is 0 Å². The van der Waals surface area contributed by atoms with Gasteiger partial charge in [0, 0.05) is 35.9 Å². The van der Waals surface area contributed by atoms with Crippen LogP contribution >= 0.6 is 24.0 Å². The van der Waals surface area contributed by atoms with E-state index >= 15 is 0 Å². The molecule has 1 N–H and O–H groups in total. The topological polar surface area (TPSA) is 33.1 Å². The summed E-state index contributed by atoms with van der Waals surface area (Å²) in [7, 11) is 2.05. The summed E-state index contributed by atoms with van der Waals surface area (Å²) < 4.78 is 1.94. The van der Waals surface area contributed by atoms with Crippen molar-refractivity contribution in [2.75, 3.05) is 20.1 Å². The number of likely N-dealkylation sites (tertiary alicyclic amines) is 1. The first-order valence-corrected chi connectivity index (χ1v) is 8.24. The van der Waals surface area contributed by atoms with Gasteiger partial charge in [0.1, 0.15) is 0 Å². The Bertz CT molecular complexity index is 624. The quantitative estimate of drug-likeness (QED) is 0.912. The normalized spacial score (nSPS) is 18.7. The molecule has 1 aliphatic rings. The molecule has 23 heavy (non-hydrogen) atoms. The third-order valence-corrected chi connectivity index (χ3v) is 4.65. The maximum Gasteiger partial charge on any atom is 0.0646 e. The predicted molar refractivity (Wildman–Crippen MR) is 97.9 cm³/mol. The Morgan fingerprint density at radius 1 is 1.30 bits per heavy atom. The van der Waals surface area contributed by atoms with Crippen molar-refractivity contribution in [1.29, 1.82) is 0 Å². The first kappa shape index (κ1) is 18.3. The fourth-order valence-electron chi connectivity index (χ4n) is 3.05. The molecule has 0 aliphatic carbocycles. The van der Waals surface area contributed by atoms with Crippen LogP contribution in [0.1, 0.15) is 24.1 Å². The smallest absolute Gasteiger partial charge is 0.0646 e. The molecule has 0 bridgehead atoms. The van der Waals surface area contributed by atoms with Crippen molar-refractivity contribution in [2.45, 2.75) is 32.4 Å². The standard InChI is InChI=1S/C17H23ClN4.ClH/c1-13-14(10-21-9-3-4-16(12-21)19-2)11-22(20-13)17-7-5-15(18)6-8-17;/h5-8,11,16,19H,3-4,9-10,12H2,1-2H3;1H. The van der Waals surface area contributed by atoms with Crippen LogP contribution in [-0.2, 0) is 6.54 Å². The van der Waals surface area contributed by atoms with E-state index in [1.807, 2.05) is 28.9 Å². The van der Waals surface area contributed by atoms with Gasteiger partial charge in [0.25, 0.3) is 0 Å². The highest BCUT2D eigenvalue weighted by Crippen LogP contribution is 2.18. The summed E-state index contributed by atoms with van der Waals surface area (Å²) in [4.78, 5) is 2.51. The molecule has 2 aromatic rings. The second-order valence-electron chi connectivity index (χ2n) is 6.02. The van der Waals surface area contributed by atoms with Crippen LogP contribution in [0.3, 0.4) is 0 Å². The van der Waals surface area contributed by atoms with E-state index in [2.05, 4.69) is 35.5 Å². The number of halogens is 2. The molecular weight excluding hydrogens is 331 g/mol.